The van der Waals surface area contributed by atoms with Gasteiger partial charge in [-0.05, 0) is 54.2 Å². The van der Waals surface area contributed by atoms with Gasteiger partial charge in [-0.2, -0.15) is 0 Å². The molecule has 1 amide bonds. The summed E-state index contributed by atoms with van der Waals surface area (Å²) in [4.78, 5) is 23.2. The fourth-order valence-corrected chi connectivity index (χ4v) is 2.54. The van der Waals surface area contributed by atoms with Crippen LogP contribution < -0.4 is 5.32 Å². The molecule has 0 saturated carbocycles. The van der Waals surface area contributed by atoms with Crippen molar-refractivity contribution >= 4 is 11.9 Å². The Hall–Kier alpha value is -2.82. The fraction of sp³-hybridized carbons (Fsp3) is 0.300. The van der Waals surface area contributed by atoms with Crippen LogP contribution in [0.2, 0.25) is 0 Å². The van der Waals surface area contributed by atoms with Gasteiger partial charge in [-0.3, -0.25) is 4.79 Å². The summed E-state index contributed by atoms with van der Waals surface area (Å²) in [5, 5.41) is 21.7. The highest BCUT2D eigenvalue weighted by Crippen LogP contribution is 2.23. The number of nitrogens with one attached hydrogen (secondary N) is 1. The maximum Gasteiger partial charge on any atom is 0.335 e. The maximum absolute atomic E-state index is 12.2. The summed E-state index contributed by atoms with van der Waals surface area (Å²) in [5.41, 5.74) is 2.45. The molecule has 0 radical (unpaired) electrons. The molecule has 0 spiro atoms. The molecule has 5 nitrogen and oxygen atoms in total. The van der Waals surface area contributed by atoms with Crippen LogP contribution >= 0.6 is 0 Å². The molecule has 2 aromatic rings. The summed E-state index contributed by atoms with van der Waals surface area (Å²) in [7, 11) is 0. The second-order valence-electron chi connectivity index (χ2n) is 6.30. The van der Waals surface area contributed by atoms with Crippen LogP contribution in [0.25, 0.3) is 0 Å². The van der Waals surface area contributed by atoms with Crippen molar-refractivity contribution in [3.05, 3.63) is 64.7 Å². The van der Waals surface area contributed by atoms with E-state index < -0.39 is 5.97 Å². The zero-order valence-electron chi connectivity index (χ0n) is 14.5. The molecular weight excluding hydrogens is 318 g/mol. The Morgan fingerprint density at radius 1 is 1.12 bits per heavy atom. The van der Waals surface area contributed by atoms with Crippen molar-refractivity contribution < 1.29 is 19.8 Å². The van der Waals surface area contributed by atoms with Gasteiger partial charge in [0.25, 0.3) is 5.91 Å². The third-order valence-corrected chi connectivity index (χ3v) is 4.03. The zero-order chi connectivity index (χ0) is 18.4. The molecule has 0 aliphatic carbocycles. The summed E-state index contributed by atoms with van der Waals surface area (Å²) >= 11 is 0. The summed E-state index contributed by atoms with van der Waals surface area (Å²) in [5.74, 6) is -1.01. The predicted molar refractivity (Wildman–Crippen MR) is 96.3 cm³/mol. The minimum absolute atomic E-state index is 0.0314. The van der Waals surface area contributed by atoms with Gasteiger partial charge in [-0.25, -0.2) is 4.79 Å². The number of carbonyl (C=O) groups is 2. The van der Waals surface area contributed by atoms with Crippen LogP contribution in [0.15, 0.2) is 42.5 Å². The van der Waals surface area contributed by atoms with Gasteiger partial charge < -0.3 is 15.5 Å². The number of rotatable bonds is 7. The Kier molecular flexibility index (Phi) is 6.17. The van der Waals surface area contributed by atoms with E-state index in [0.717, 1.165) is 11.1 Å². The molecule has 0 aliphatic rings. The lowest BCUT2D eigenvalue weighted by Crippen LogP contribution is -2.25. The highest BCUT2D eigenvalue weighted by molar-refractivity contribution is 5.97. The number of carboxylic acid groups (broad SMARTS) is 1. The second kappa shape index (κ2) is 8.33. The second-order valence-corrected chi connectivity index (χ2v) is 6.30. The van der Waals surface area contributed by atoms with Crippen molar-refractivity contribution in [3.63, 3.8) is 0 Å². The molecular formula is C20H23NO4. The average molecular weight is 341 g/mol. The van der Waals surface area contributed by atoms with Gasteiger partial charge in [0.2, 0.25) is 0 Å². The van der Waals surface area contributed by atoms with Crippen molar-refractivity contribution in [2.75, 3.05) is 6.54 Å². The third-order valence-electron chi connectivity index (χ3n) is 4.03. The Bertz CT molecular complexity index is 768. The smallest absolute Gasteiger partial charge is 0.335 e. The number of phenolic OH excluding ortho intramolecular Hbond substituents is 1. The van der Waals surface area contributed by atoms with Crippen LogP contribution in [-0.4, -0.2) is 28.6 Å². The van der Waals surface area contributed by atoms with E-state index in [0.29, 0.717) is 19.4 Å². The number of aromatic carboxylic acids is 1. The number of benzene rings is 2. The number of hydrogen-bond donors (Lipinski definition) is 3. The van der Waals surface area contributed by atoms with E-state index in [-0.39, 0.29) is 28.7 Å². The van der Waals surface area contributed by atoms with Crippen molar-refractivity contribution in [2.45, 2.75) is 32.6 Å². The largest absolute Gasteiger partial charge is 0.507 e. The molecule has 2 aromatic carbocycles. The lowest BCUT2D eigenvalue weighted by atomic mass is 10.00. The van der Waals surface area contributed by atoms with E-state index in [1.807, 2.05) is 26.0 Å². The molecule has 0 fully saturated rings. The van der Waals surface area contributed by atoms with Gasteiger partial charge in [0.05, 0.1) is 11.1 Å². The van der Waals surface area contributed by atoms with Crippen LogP contribution in [-0.2, 0) is 6.42 Å². The van der Waals surface area contributed by atoms with E-state index in [4.69, 9.17) is 5.11 Å². The van der Waals surface area contributed by atoms with Gasteiger partial charge in [-0.1, -0.05) is 32.0 Å². The van der Waals surface area contributed by atoms with Gasteiger partial charge in [0.15, 0.2) is 0 Å². The summed E-state index contributed by atoms with van der Waals surface area (Å²) in [6.07, 6.45) is 1.35. The Morgan fingerprint density at radius 3 is 2.56 bits per heavy atom. The maximum atomic E-state index is 12.2. The first-order valence-electron chi connectivity index (χ1n) is 8.32. The highest BCUT2D eigenvalue weighted by Gasteiger charge is 2.12. The van der Waals surface area contributed by atoms with Crippen molar-refractivity contribution in [3.8, 4) is 5.75 Å². The van der Waals surface area contributed by atoms with E-state index in [1.54, 1.807) is 30.3 Å². The quantitative estimate of drug-likeness (QED) is 0.672. The van der Waals surface area contributed by atoms with E-state index >= 15 is 0 Å². The molecule has 0 unspecified atom stereocenters. The SMILES string of the molecule is CC(C)c1ccc(O)c(C(=O)NCCCc2cccc(C(=O)O)c2)c1. The van der Waals surface area contributed by atoms with Crippen molar-refractivity contribution in [1.82, 2.24) is 5.32 Å². The molecule has 0 bridgehead atoms. The van der Waals surface area contributed by atoms with Crippen LogP contribution in [0.1, 0.15) is 58.0 Å². The topological polar surface area (TPSA) is 86.6 Å². The molecule has 0 heterocycles. The number of amides is 1. The number of aromatic hydroxyl groups is 1. The molecule has 5 heteroatoms. The molecule has 0 atom stereocenters. The number of phenols is 1. The van der Waals surface area contributed by atoms with Crippen LogP contribution in [0.4, 0.5) is 0 Å². The molecule has 3 N–H and O–H groups in total. The lowest BCUT2D eigenvalue weighted by molar-refractivity contribution is 0.0696. The van der Waals surface area contributed by atoms with Crippen LogP contribution in [0.3, 0.4) is 0 Å². The first kappa shape index (κ1) is 18.5. The number of carboxylic acids is 1. The Labute approximate surface area is 147 Å². The van der Waals surface area contributed by atoms with Crippen LogP contribution in [0.5, 0.6) is 5.75 Å². The minimum atomic E-state index is -0.948. The number of carbonyl (C=O) groups excluding carboxylic acids is 1. The van der Waals surface area contributed by atoms with Gasteiger partial charge in [0, 0.05) is 6.54 Å². The Morgan fingerprint density at radius 2 is 1.88 bits per heavy atom. The summed E-state index contributed by atoms with van der Waals surface area (Å²) in [6, 6.07) is 11.8. The molecule has 132 valence electrons. The van der Waals surface area contributed by atoms with Gasteiger partial charge in [0.1, 0.15) is 5.75 Å². The zero-order valence-corrected chi connectivity index (χ0v) is 14.5. The van der Waals surface area contributed by atoms with Gasteiger partial charge >= 0.3 is 5.97 Å². The molecule has 0 aliphatic heterocycles. The first-order valence-corrected chi connectivity index (χ1v) is 8.32. The highest BCUT2D eigenvalue weighted by atomic mass is 16.4. The standard InChI is InChI=1S/C20H23NO4/c1-13(2)15-8-9-18(22)17(12-15)19(23)21-10-4-6-14-5-3-7-16(11-14)20(24)25/h3,5,7-9,11-13,22H,4,6,10H2,1-2H3,(H,21,23)(H,24,25). The monoisotopic (exact) mass is 341 g/mol. The number of hydrogen-bond acceptors (Lipinski definition) is 3. The fourth-order valence-electron chi connectivity index (χ4n) is 2.54. The van der Waals surface area contributed by atoms with Crippen molar-refractivity contribution in [2.24, 2.45) is 0 Å². The van der Waals surface area contributed by atoms with Crippen LogP contribution in [0, 0.1) is 0 Å². The predicted octanol–water partition coefficient (Wildman–Crippen LogP) is 3.58. The van der Waals surface area contributed by atoms with Gasteiger partial charge in [-0.15, -0.1) is 0 Å². The third kappa shape index (κ3) is 5.08. The van der Waals surface area contributed by atoms with E-state index in [9.17, 15) is 14.7 Å². The molecule has 0 aromatic heterocycles. The minimum Gasteiger partial charge on any atom is -0.507 e. The number of aryl methyl sites for hydroxylation is 1. The lowest BCUT2D eigenvalue weighted by Gasteiger charge is -2.11. The molecule has 0 saturated heterocycles. The normalized spacial score (nSPS) is 10.7. The molecule has 2 rings (SSSR count). The average Bonchev–Trinajstić information content (AvgIpc) is 2.59. The first-order chi connectivity index (χ1) is 11.9. The molecule has 25 heavy (non-hydrogen) atoms. The van der Waals surface area contributed by atoms with Crippen molar-refractivity contribution in [1.29, 1.82) is 0 Å². The van der Waals surface area contributed by atoms with E-state index in [1.165, 1.54) is 0 Å². The summed E-state index contributed by atoms with van der Waals surface area (Å²) in [6.45, 7) is 4.50. The Balaban J connectivity index is 1.90. The summed E-state index contributed by atoms with van der Waals surface area (Å²) < 4.78 is 0. The van der Waals surface area contributed by atoms with E-state index in [2.05, 4.69) is 5.32 Å².